The Hall–Kier alpha value is -3.75. The van der Waals surface area contributed by atoms with Crippen LogP contribution >= 0.6 is 23.2 Å². The summed E-state index contributed by atoms with van der Waals surface area (Å²) >= 11 is 12.0. The van der Waals surface area contributed by atoms with Crippen molar-refractivity contribution in [2.24, 2.45) is 0 Å². The molecule has 1 unspecified atom stereocenters. The van der Waals surface area contributed by atoms with Gasteiger partial charge in [0.05, 0.1) is 17.0 Å². The molecular weight excluding hydrogens is 493 g/mol. The van der Waals surface area contributed by atoms with E-state index in [0.29, 0.717) is 17.1 Å². The summed E-state index contributed by atoms with van der Waals surface area (Å²) in [5.41, 5.74) is 0.807. The van der Waals surface area contributed by atoms with E-state index in [-0.39, 0.29) is 23.6 Å². The van der Waals surface area contributed by atoms with Gasteiger partial charge >= 0.3 is 0 Å². The molecule has 3 aromatic carbocycles. The fourth-order valence-corrected chi connectivity index (χ4v) is 4.40. The number of para-hydroxylation sites is 1. The van der Waals surface area contributed by atoms with Crippen LogP contribution in [0.15, 0.2) is 72.8 Å². The standard InChI is InChI=1S/C25H19Cl2N3O5/c26-18-6-4-5-16(13-18)11-12-28(24(32)17-9-10-20(27)21(14-17)30(34)35)22-15-23(31)29(25(22)33)19-7-2-1-3-8-19/h1-10,13-14,22H,11-12,15H2. The Morgan fingerprint density at radius 3 is 2.46 bits per heavy atom. The Kier molecular flexibility index (Phi) is 7.14. The van der Waals surface area contributed by atoms with E-state index in [0.717, 1.165) is 16.5 Å². The topological polar surface area (TPSA) is 101 Å². The maximum atomic E-state index is 13.6. The van der Waals surface area contributed by atoms with Crippen molar-refractivity contribution in [3.05, 3.63) is 104 Å². The molecule has 3 amide bonds. The SMILES string of the molecule is O=C1CC(N(CCc2cccc(Cl)c2)C(=O)c2ccc(Cl)c([N+](=O)[O-])c2)C(=O)N1c1ccccc1. The summed E-state index contributed by atoms with van der Waals surface area (Å²) in [4.78, 5) is 52.7. The quantitative estimate of drug-likeness (QED) is 0.254. The molecule has 1 aliphatic rings. The minimum absolute atomic E-state index is 0.00870. The third-order valence-electron chi connectivity index (χ3n) is 5.69. The van der Waals surface area contributed by atoms with E-state index in [9.17, 15) is 24.5 Å². The lowest BCUT2D eigenvalue weighted by atomic mass is 10.1. The zero-order chi connectivity index (χ0) is 25.1. The summed E-state index contributed by atoms with van der Waals surface area (Å²) in [7, 11) is 0. The van der Waals surface area contributed by atoms with E-state index in [1.165, 1.54) is 17.0 Å². The molecule has 10 heteroatoms. The second-order valence-electron chi connectivity index (χ2n) is 7.92. The van der Waals surface area contributed by atoms with Crippen LogP contribution < -0.4 is 4.90 Å². The van der Waals surface area contributed by atoms with E-state index < -0.39 is 34.4 Å². The summed E-state index contributed by atoms with van der Waals surface area (Å²) in [5.74, 6) is -1.59. The van der Waals surface area contributed by atoms with E-state index in [1.54, 1.807) is 48.5 Å². The van der Waals surface area contributed by atoms with Gasteiger partial charge in [0.1, 0.15) is 11.1 Å². The van der Waals surface area contributed by atoms with Crippen LogP contribution in [-0.4, -0.2) is 40.1 Å². The molecule has 0 bridgehead atoms. The van der Waals surface area contributed by atoms with E-state index in [2.05, 4.69) is 0 Å². The molecule has 35 heavy (non-hydrogen) atoms. The number of imide groups is 1. The Balaban J connectivity index is 1.68. The second kappa shape index (κ2) is 10.2. The van der Waals surface area contributed by atoms with Crippen LogP contribution in [-0.2, 0) is 16.0 Å². The Morgan fingerprint density at radius 2 is 1.77 bits per heavy atom. The number of rotatable bonds is 7. The molecule has 1 saturated heterocycles. The Morgan fingerprint density at radius 1 is 1.03 bits per heavy atom. The first-order chi connectivity index (χ1) is 16.8. The Labute approximate surface area is 210 Å². The molecule has 1 fully saturated rings. The maximum Gasteiger partial charge on any atom is 0.288 e. The highest BCUT2D eigenvalue weighted by Crippen LogP contribution is 2.29. The van der Waals surface area contributed by atoms with Gasteiger partial charge in [-0.2, -0.15) is 0 Å². The molecule has 1 heterocycles. The lowest BCUT2D eigenvalue weighted by Crippen LogP contribution is -2.46. The monoisotopic (exact) mass is 511 g/mol. The molecule has 0 aliphatic carbocycles. The summed E-state index contributed by atoms with van der Waals surface area (Å²) in [5, 5.41) is 11.8. The molecule has 1 aliphatic heterocycles. The van der Waals surface area contributed by atoms with Gasteiger partial charge in [-0.3, -0.25) is 24.5 Å². The number of amides is 3. The van der Waals surface area contributed by atoms with E-state index in [4.69, 9.17) is 23.2 Å². The van der Waals surface area contributed by atoms with Crippen molar-refractivity contribution < 1.29 is 19.3 Å². The zero-order valence-electron chi connectivity index (χ0n) is 18.3. The number of anilines is 1. The molecule has 0 saturated carbocycles. The molecule has 178 valence electrons. The van der Waals surface area contributed by atoms with Crippen molar-refractivity contribution in [2.45, 2.75) is 18.9 Å². The van der Waals surface area contributed by atoms with Gasteiger partial charge in [-0.25, -0.2) is 4.90 Å². The number of hydrogen-bond donors (Lipinski definition) is 0. The molecule has 0 aromatic heterocycles. The summed E-state index contributed by atoms with van der Waals surface area (Å²) in [6.07, 6.45) is 0.149. The first kappa shape index (κ1) is 24.4. The van der Waals surface area contributed by atoms with Crippen molar-refractivity contribution >= 4 is 52.3 Å². The van der Waals surface area contributed by atoms with Crippen LogP contribution in [0.3, 0.4) is 0 Å². The predicted molar refractivity (Wildman–Crippen MR) is 132 cm³/mol. The van der Waals surface area contributed by atoms with Crippen LogP contribution in [0, 0.1) is 10.1 Å². The van der Waals surface area contributed by atoms with Crippen LogP contribution in [0.1, 0.15) is 22.3 Å². The molecule has 0 spiro atoms. The highest BCUT2D eigenvalue weighted by atomic mass is 35.5. The van der Waals surface area contributed by atoms with Gasteiger partial charge in [0.15, 0.2) is 0 Å². The van der Waals surface area contributed by atoms with Crippen molar-refractivity contribution in [1.82, 2.24) is 4.90 Å². The lowest BCUT2D eigenvalue weighted by Gasteiger charge is -2.28. The fraction of sp³-hybridized carbons (Fsp3) is 0.160. The second-order valence-corrected chi connectivity index (χ2v) is 8.77. The zero-order valence-corrected chi connectivity index (χ0v) is 19.8. The van der Waals surface area contributed by atoms with Gasteiger partial charge in [-0.05, 0) is 48.4 Å². The van der Waals surface area contributed by atoms with Crippen LogP contribution in [0.5, 0.6) is 0 Å². The third-order valence-corrected chi connectivity index (χ3v) is 6.25. The number of nitro benzene ring substituents is 1. The smallest absolute Gasteiger partial charge is 0.288 e. The summed E-state index contributed by atoms with van der Waals surface area (Å²) < 4.78 is 0. The largest absolute Gasteiger partial charge is 0.326 e. The van der Waals surface area contributed by atoms with E-state index in [1.807, 2.05) is 6.07 Å². The van der Waals surface area contributed by atoms with Gasteiger partial charge in [0, 0.05) is 23.2 Å². The maximum absolute atomic E-state index is 13.6. The molecular formula is C25H19Cl2N3O5. The number of nitrogens with zero attached hydrogens (tertiary/aromatic N) is 3. The van der Waals surface area contributed by atoms with Crippen molar-refractivity contribution in [3.63, 3.8) is 0 Å². The average molecular weight is 512 g/mol. The predicted octanol–water partition coefficient (Wildman–Crippen LogP) is 4.92. The first-order valence-electron chi connectivity index (χ1n) is 10.7. The van der Waals surface area contributed by atoms with Gasteiger partial charge in [-0.15, -0.1) is 0 Å². The summed E-state index contributed by atoms with van der Waals surface area (Å²) in [6.45, 7) is 0.0852. The number of carbonyl (C=O) groups is 3. The minimum Gasteiger partial charge on any atom is -0.326 e. The van der Waals surface area contributed by atoms with Crippen molar-refractivity contribution in [3.8, 4) is 0 Å². The van der Waals surface area contributed by atoms with E-state index >= 15 is 0 Å². The normalized spacial score (nSPS) is 15.4. The molecule has 0 radical (unpaired) electrons. The molecule has 3 aromatic rings. The third kappa shape index (κ3) is 5.18. The highest BCUT2D eigenvalue weighted by Gasteiger charge is 2.44. The fourth-order valence-electron chi connectivity index (χ4n) is 4.00. The molecule has 0 N–H and O–H groups in total. The van der Waals surface area contributed by atoms with Gasteiger partial charge < -0.3 is 4.90 Å². The number of carbonyl (C=O) groups excluding carboxylic acids is 3. The van der Waals surface area contributed by atoms with Crippen LogP contribution in [0.25, 0.3) is 0 Å². The van der Waals surface area contributed by atoms with Crippen molar-refractivity contribution in [2.75, 3.05) is 11.4 Å². The number of benzene rings is 3. The van der Waals surface area contributed by atoms with Gasteiger partial charge in [-0.1, -0.05) is 53.5 Å². The van der Waals surface area contributed by atoms with Crippen LogP contribution in [0.4, 0.5) is 11.4 Å². The van der Waals surface area contributed by atoms with Crippen LogP contribution in [0.2, 0.25) is 10.0 Å². The lowest BCUT2D eigenvalue weighted by molar-refractivity contribution is -0.384. The first-order valence-corrected chi connectivity index (χ1v) is 11.4. The molecule has 8 nitrogen and oxygen atoms in total. The molecule has 4 rings (SSSR count). The number of hydrogen-bond acceptors (Lipinski definition) is 5. The summed E-state index contributed by atoms with van der Waals surface area (Å²) in [6, 6.07) is 18.2. The average Bonchev–Trinajstić information content (AvgIpc) is 3.13. The Bertz CT molecular complexity index is 1320. The number of halogens is 2. The van der Waals surface area contributed by atoms with Gasteiger partial charge in [0.25, 0.3) is 17.5 Å². The molecule has 1 atom stereocenters. The minimum atomic E-state index is -1.07. The highest BCUT2D eigenvalue weighted by molar-refractivity contribution is 6.32. The number of nitro groups is 1. The van der Waals surface area contributed by atoms with Gasteiger partial charge in [0.2, 0.25) is 5.91 Å². The van der Waals surface area contributed by atoms with Crippen molar-refractivity contribution in [1.29, 1.82) is 0 Å².